The lowest BCUT2D eigenvalue weighted by atomic mass is 10.0. The molecule has 2 rings (SSSR count). The number of carbonyl (C=O) groups is 1. The van der Waals surface area contributed by atoms with Gasteiger partial charge in [-0.05, 0) is 24.1 Å². The van der Waals surface area contributed by atoms with Crippen LogP contribution in [0.25, 0.3) is 0 Å². The van der Waals surface area contributed by atoms with Crippen molar-refractivity contribution in [2.24, 2.45) is 11.0 Å². The lowest BCUT2D eigenvalue weighted by molar-refractivity contribution is -0.114. The number of rotatable bonds is 6. The Hall–Kier alpha value is -2.86. The maximum absolute atomic E-state index is 11.9. The zero-order chi connectivity index (χ0) is 16.7. The Morgan fingerprint density at radius 1 is 1.17 bits per heavy atom. The summed E-state index contributed by atoms with van der Waals surface area (Å²) in [6.07, 6.45) is 0. The standard InChI is InChI=1S/C17H19N3O3/c1-12-7-3-6-10-15(12)23-11-13-8-4-5-9-14(13)16(20-22-2)17(21)19-18/h3-10H,11,18H2,1-2H3,(H,19,21). The molecule has 6 nitrogen and oxygen atoms in total. The summed E-state index contributed by atoms with van der Waals surface area (Å²) in [5, 5.41) is 3.77. The lowest BCUT2D eigenvalue weighted by Gasteiger charge is -2.13. The van der Waals surface area contributed by atoms with Gasteiger partial charge in [0.2, 0.25) is 0 Å². The van der Waals surface area contributed by atoms with Crippen LogP contribution in [0.1, 0.15) is 16.7 Å². The second-order valence-corrected chi connectivity index (χ2v) is 4.81. The number of hydrogen-bond acceptors (Lipinski definition) is 5. The molecule has 0 saturated heterocycles. The minimum absolute atomic E-state index is 0.0963. The average Bonchev–Trinajstić information content (AvgIpc) is 2.59. The number of amides is 1. The van der Waals surface area contributed by atoms with Gasteiger partial charge >= 0.3 is 0 Å². The zero-order valence-electron chi connectivity index (χ0n) is 13.1. The van der Waals surface area contributed by atoms with Crippen molar-refractivity contribution in [2.75, 3.05) is 7.11 Å². The minimum Gasteiger partial charge on any atom is -0.489 e. The Morgan fingerprint density at radius 2 is 1.87 bits per heavy atom. The van der Waals surface area contributed by atoms with Gasteiger partial charge in [0.15, 0.2) is 5.71 Å². The van der Waals surface area contributed by atoms with Gasteiger partial charge < -0.3 is 9.57 Å². The number of aryl methyl sites for hydroxylation is 1. The molecular formula is C17H19N3O3. The van der Waals surface area contributed by atoms with E-state index in [2.05, 4.69) is 10.6 Å². The molecule has 2 aromatic rings. The molecule has 3 N–H and O–H groups in total. The molecule has 0 bridgehead atoms. The summed E-state index contributed by atoms with van der Waals surface area (Å²) < 4.78 is 5.85. The van der Waals surface area contributed by atoms with Crippen molar-refractivity contribution in [2.45, 2.75) is 13.5 Å². The van der Waals surface area contributed by atoms with Gasteiger partial charge in [-0.25, -0.2) is 5.84 Å². The van der Waals surface area contributed by atoms with E-state index in [0.29, 0.717) is 12.2 Å². The molecule has 0 aliphatic rings. The zero-order valence-corrected chi connectivity index (χ0v) is 13.1. The van der Waals surface area contributed by atoms with E-state index in [-0.39, 0.29) is 5.71 Å². The summed E-state index contributed by atoms with van der Waals surface area (Å²) in [7, 11) is 1.37. The van der Waals surface area contributed by atoms with E-state index < -0.39 is 5.91 Å². The predicted molar refractivity (Wildman–Crippen MR) is 87.8 cm³/mol. The van der Waals surface area contributed by atoms with Gasteiger partial charge in [-0.1, -0.05) is 47.6 Å². The van der Waals surface area contributed by atoms with E-state index in [1.54, 1.807) is 6.07 Å². The number of nitrogens with zero attached hydrogens (tertiary/aromatic N) is 1. The van der Waals surface area contributed by atoms with Gasteiger partial charge in [-0.2, -0.15) is 0 Å². The van der Waals surface area contributed by atoms with Gasteiger partial charge in [0.1, 0.15) is 19.5 Å². The van der Waals surface area contributed by atoms with E-state index in [1.807, 2.05) is 49.4 Å². The van der Waals surface area contributed by atoms with Crippen molar-refractivity contribution in [3.05, 3.63) is 65.2 Å². The van der Waals surface area contributed by atoms with Crippen LogP contribution in [0, 0.1) is 6.92 Å². The maximum atomic E-state index is 11.9. The highest BCUT2D eigenvalue weighted by atomic mass is 16.6. The normalized spacial score (nSPS) is 11.0. The van der Waals surface area contributed by atoms with Crippen molar-refractivity contribution in [3.63, 3.8) is 0 Å². The van der Waals surface area contributed by atoms with E-state index >= 15 is 0 Å². The van der Waals surface area contributed by atoms with E-state index in [0.717, 1.165) is 16.9 Å². The van der Waals surface area contributed by atoms with Crippen LogP contribution < -0.4 is 16.0 Å². The second kappa shape index (κ2) is 7.95. The molecule has 0 aliphatic carbocycles. The fraction of sp³-hybridized carbons (Fsp3) is 0.176. The highest BCUT2D eigenvalue weighted by molar-refractivity contribution is 6.45. The molecule has 0 fully saturated rings. The number of nitrogens with two attached hydrogens (primary N) is 1. The first-order chi connectivity index (χ1) is 11.2. The summed E-state index contributed by atoms with van der Waals surface area (Å²) in [4.78, 5) is 16.6. The largest absolute Gasteiger partial charge is 0.489 e. The maximum Gasteiger partial charge on any atom is 0.287 e. The topological polar surface area (TPSA) is 85.9 Å². The summed E-state index contributed by atoms with van der Waals surface area (Å²) in [5.74, 6) is 5.46. The number of hydrazine groups is 1. The van der Waals surface area contributed by atoms with Crippen LogP contribution in [0.15, 0.2) is 53.7 Å². The summed E-state index contributed by atoms with van der Waals surface area (Å²) >= 11 is 0. The van der Waals surface area contributed by atoms with Crippen LogP contribution in [0.4, 0.5) is 0 Å². The second-order valence-electron chi connectivity index (χ2n) is 4.81. The van der Waals surface area contributed by atoms with Crippen molar-refractivity contribution in [3.8, 4) is 5.75 Å². The van der Waals surface area contributed by atoms with Crippen LogP contribution in [0.3, 0.4) is 0 Å². The fourth-order valence-corrected chi connectivity index (χ4v) is 2.12. The monoisotopic (exact) mass is 313 g/mol. The number of benzene rings is 2. The Morgan fingerprint density at radius 3 is 2.57 bits per heavy atom. The van der Waals surface area contributed by atoms with Gasteiger partial charge in [-0.15, -0.1) is 0 Å². The third kappa shape index (κ3) is 4.08. The van der Waals surface area contributed by atoms with Crippen LogP contribution in [-0.4, -0.2) is 18.7 Å². The summed E-state index contributed by atoms with van der Waals surface area (Å²) in [6, 6.07) is 15.0. The quantitative estimate of drug-likeness (QED) is 0.369. The third-order valence-corrected chi connectivity index (χ3v) is 3.28. The van der Waals surface area contributed by atoms with Gasteiger partial charge in [0, 0.05) is 5.56 Å². The molecule has 0 unspecified atom stereocenters. The lowest BCUT2D eigenvalue weighted by Crippen LogP contribution is -2.37. The fourth-order valence-electron chi connectivity index (χ4n) is 2.12. The van der Waals surface area contributed by atoms with E-state index in [9.17, 15) is 4.79 Å². The number of nitrogens with one attached hydrogen (secondary N) is 1. The molecule has 6 heteroatoms. The van der Waals surface area contributed by atoms with Gasteiger partial charge in [0.05, 0.1) is 0 Å². The molecule has 0 aromatic heterocycles. The number of hydrogen-bond donors (Lipinski definition) is 2. The number of ether oxygens (including phenoxy) is 1. The molecule has 1 amide bonds. The molecule has 120 valence electrons. The van der Waals surface area contributed by atoms with Gasteiger partial charge in [-0.3, -0.25) is 10.2 Å². The highest BCUT2D eigenvalue weighted by Crippen LogP contribution is 2.19. The van der Waals surface area contributed by atoms with E-state index in [4.69, 9.17) is 15.4 Å². The Balaban J connectivity index is 2.28. The molecular weight excluding hydrogens is 294 g/mol. The first kappa shape index (κ1) is 16.5. The predicted octanol–water partition coefficient (Wildman–Crippen LogP) is 1.91. The number of para-hydroxylation sites is 1. The van der Waals surface area contributed by atoms with Crippen LogP contribution in [0.5, 0.6) is 5.75 Å². The van der Waals surface area contributed by atoms with Gasteiger partial charge in [0.25, 0.3) is 5.91 Å². The van der Waals surface area contributed by atoms with E-state index in [1.165, 1.54) is 7.11 Å². The van der Waals surface area contributed by atoms with Crippen molar-refractivity contribution >= 4 is 11.6 Å². The smallest absolute Gasteiger partial charge is 0.287 e. The Kier molecular flexibility index (Phi) is 5.71. The number of oxime groups is 1. The van der Waals surface area contributed by atoms with Crippen LogP contribution in [0.2, 0.25) is 0 Å². The van der Waals surface area contributed by atoms with Crippen LogP contribution in [-0.2, 0) is 16.2 Å². The summed E-state index contributed by atoms with van der Waals surface area (Å²) in [6.45, 7) is 2.27. The molecule has 2 aromatic carbocycles. The first-order valence-electron chi connectivity index (χ1n) is 7.06. The third-order valence-electron chi connectivity index (χ3n) is 3.28. The average molecular weight is 313 g/mol. The molecule has 0 saturated carbocycles. The molecule has 0 atom stereocenters. The number of carbonyl (C=O) groups excluding carboxylic acids is 1. The Bertz CT molecular complexity index is 714. The highest BCUT2D eigenvalue weighted by Gasteiger charge is 2.17. The Labute approximate surface area is 134 Å². The van der Waals surface area contributed by atoms with Crippen molar-refractivity contribution in [1.82, 2.24) is 5.43 Å². The molecule has 0 heterocycles. The van der Waals surface area contributed by atoms with Crippen molar-refractivity contribution in [1.29, 1.82) is 0 Å². The van der Waals surface area contributed by atoms with Crippen molar-refractivity contribution < 1.29 is 14.4 Å². The minimum atomic E-state index is -0.532. The molecule has 0 aliphatic heterocycles. The summed E-state index contributed by atoms with van der Waals surface area (Å²) in [5.41, 5.74) is 4.61. The molecule has 0 radical (unpaired) electrons. The first-order valence-corrected chi connectivity index (χ1v) is 7.06. The SMILES string of the molecule is CON=C(C(=O)NN)c1ccccc1COc1ccccc1C. The molecule has 0 spiro atoms. The molecule has 23 heavy (non-hydrogen) atoms. The van der Waals surface area contributed by atoms with Crippen LogP contribution >= 0.6 is 0 Å².